The molecule has 1 aliphatic heterocycles. The highest BCUT2D eigenvalue weighted by Crippen LogP contribution is 2.24. The molecule has 4 nitrogen and oxygen atoms in total. The molecule has 1 N–H and O–H groups in total. The molecular weight excluding hydrogens is 200 g/mol. The lowest BCUT2D eigenvalue weighted by Crippen LogP contribution is -2.17. The molecule has 0 saturated heterocycles. The fraction of sp³-hybridized carbons (Fsp3) is 0.333. The van der Waals surface area contributed by atoms with Crippen molar-refractivity contribution >= 4 is 5.69 Å². The van der Waals surface area contributed by atoms with Crippen LogP contribution in [0.4, 0.5) is 5.69 Å². The molecule has 2 heterocycles. The summed E-state index contributed by atoms with van der Waals surface area (Å²) in [6, 6.07) is 8.89. The maximum absolute atomic E-state index is 4.21. The minimum absolute atomic E-state index is 0.398. The molecule has 0 fully saturated rings. The Morgan fingerprint density at radius 3 is 3.12 bits per heavy atom. The average Bonchev–Trinajstić information content (AvgIpc) is 2.76. The Labute approximate surface area is 94.3 Å². The molecule has 3 rings (SSSR count). The van der Waals surface area contributed by atoms with Crippen molar-refractivity contribution in [1.82, 2.24) is 14.8 Å². The highest BCUT2D eigenvalue weighted by Gasteiger charge is 2.16. The van der Waals surface area contributed by atoms with E-state index in [1.165, 1.54) is 11.3 Å². The number of rotatable bonds is 1. The lowest BCUT2D eigenvalue weighted by Gasteiger charge is -2.14. The summed E-state index contributed by atoms with van der Waals surface area (Å²) in [7, 11) is 0. The molecule has 16 heavy (non-hydrogen) atoms. The summed E-state index contributed by atoms with van der Waals surface area (Å²) >= 11 is 0. The van der Waals surface area contributed by atoms with E-state index in [4.69, 9.17) is 0 Å². The molecule has 2 aromatic rings. The van der Waals surface area contributed by atoms with Crippen LogP contribution in [0.1, 0.15) is 18.0 Å². The van der Waals surface area contributed by atoms with Crippen LogP contribution < -0.4 is 5.32 Å². The minimum atomic E-state index is 0.398. The van der Waals surface area contributed by atoms with E-state index < -0.39 is 0 Å². The van der Waals surface area contributed by atoms with Crippen molar-refractivity contribution in [3.8, 4) is 0 Å². The van der Waals surface area contributed by atoms with E-state index in [1.54, 1.807) is 12.7 Å². The van der Waals surface area contributed by atoms with Gasteiger partial charge < -0.3 is 5.32 Å². The first-order chi connectivity index (χ1) is 7.93. The summed E-state index contributed by atoms with van der Waals surface area (Å²) in [5.74, 6) is 0. The van der Waals surface area contributed by atoms with Crippen molar-refractivity contribution in [2.45, 2.75) is 18.9 Å². The Bertz CT molecular complexity index is 437. The molecule has 0 bridgehead atoms. The summed E-state index contributed by atoms with van der Waals surface area (Å²) in [5.41, 5.74) is 2.65. The molecule has 1 aromatic heterocycles. The maximum atomic E-state index is 4.21. The van der Waals surface area contributed by atoms with Gasteiger partial charge in [-0.15, -0.1) is 0 Å². The number of benzene rings is 1. The van der Waals surface area contributed by atoms with E-state index >= 15 is 0 Å². The number of para-hydroxylation sites is 1. The van der Waals surface area contributed by atoms with E-state index in [2.05, 4.69) is 39.7 Å². The largest absolute Gasteiger partial charge is 0.383 e. The lowest BCUT2D eigenvalue weighted by molar-refractivity contribution is 0.448. The summed E-state index contributed by atoms with van der Waals surface area (Å²) < 4.78 is 1.94. The Hall–Kier alpha value is -1.84. The van der Waals surface area contributed by atoms with E-state index in [0.29, 0.717) is 6.04 Å². The van der Waals surface area contributed by atoms with Crippen LogP contribution in [0.2, 0.25) is 0 Å². The van der Waals surface area contributed by atoms with E-state index in [1.807, 2.05) is 4.68 Å². The monoisotopic (exact) mass is 214 g/mol. The molecular formula is C12H14N4. The van der Waals surface area contributed by atoms with Gasteiger partial charge in [0.2, 0.25) is 0 Å². The van der Waals surface area contributed by atoms with Gasteiger partial charge in [-0.25, -0.2) is 9.67 Å². The zero-order valence-corrected chi connectivity index (χ0v) is 9.00. The predicted molar refractivity (Wildman–Crippen MR) is 62.3 cm³/mol. The van der Waals surface area contributed by atoms with Gasteiger partial charge in [-0.2, -0.15) is 5.10 Å². The molecule has 1 aliphatic rings. The third-order valence-corrected chi connectivity index (χ3v) is 3.10. The molecule has 0 saturated carbocycles. The SMILES string of the molecule is c1ccc2c(c1)CCC(n1cncn1)CN2. The van der Waals surface area contributed by atoms with Crippen LogP contribution in [0.15, 0.2) is 36.9 Å². The van der Waals surface area contributed by atoms with Gasteiger partial charge in [0, 0.05) is 12.2 Å². The van der Waals surface area contributed by atoms with Crippen LogP contribution in [0, 0.1) is 0 Å². The fourth-order valence-electron chi connectivity index (χ4n) is 2.19. The first-order valence-corrected chi connectivity index (χ1v) is 5.59. The number of hydrogen-bond donors (Lipinski definition) is 1. The van der Waals surface area contributed by atoms with E-state index in [0.717, 1.165) is 19.4 Å². The summed E-state index contributed by atoms with van der Waals surface area (Å²) in [6.45, 7) is 0.917. The molecule has 1 atom stereocenters. The number of fused-ring (bicyclic) bond motifs is 1. The number of nitrogens with zero attached hydrogens (tertiary/aromatic N) is 3. The van der Waals surface area contributed by atoms with Gasteiger partial charge in [0.25, 0.3) is 0 Å². The second-order valence-corrected chi connectivity index (χ2v) is 4.11. The van der Waals surface area contributed by atoms with Gasteiger partial charge in [-0.3, -0.25) is 0 Å². The Morgan fingerprint density at radius 2 is 2.25 bits per heavy atom. The Kier molecular flexibility index (Phi) is 2.33. The van der Waals surface area contributed by atoms with Crippen LogP contribution in [0.3, 0.4) is 0 Å². The van der Waals surface area contributed by atoms with Crippen molar-refractivity contribution in [1.29, 1.82) is 0 Å². The number of anilines is 1. The van der Waals surface area contributed by atoms with Gasteiger partial charge in [0.15, 0.2) is 0 Å². The second kappa shape index (κ2) is 3.96. The van der Waals surface area contributed by atoms with E-state index in [-0.39, 0.29) is 0 Å². The first-order valence-electron chi connectivity index (χ1n) is 5.59. The van der Waals surface area contributed by atoms with Crippen molar-refractivity contribution in [2.75, 3.05) is 11.9 Å². The summed E-state index contributed by atoms with van der Waals surface area (Å²) in [6.07, 6.45) is 5.58. The smallest absolute Gasteiger partial charge is 0.137 e. The quantitative estimate of drug-likeness (QED) is 0.788. The topological polar surface area (TPSA) is 42.7 Å². The first kappa shape index (κ1) is 9.39. The molecule has 0 aliphatic carbocycles. The molecule has 1 unspecified atom stereocenters. The number of aromatic nitrogens is 3. The van der Waals surface area contributed by atoms with E-state index in [9.17, 15) is 0 Å². The van der Waals surface area contributed by atoms with Gasteiger partial charge in [0.05, 0.1) is 6.04 Å². The maximum Gasteiger partial charge on any atom is 0.137 e. The average molecular weight is 214 g/mol. The van der Waals surface area contributed by atoms with Crippen LogP contribution >= 0.6 is 0 Å². The zero-order valence-electron chi connectivity index (χ0n) is 9.00. The lowest BCUT2D eigenvalue weighted by atomic mass is 10.1. The number of aryl methyl sites for hydroxylation is 1. The van der Waals surface area contributed by atoms with Gasteiger partial charge in [-0.1, -0.05) is 18.2 Å². The number of hydrogen-bond acceptors (Lipinski definition) is 3. The van der Waals surface area contributed by atoms with Gasteiger partial charge in [-0.05, 0) is 24.5 Å². The minimum Gasteiger partial charge on any atom is -0.383 e. The van der Waals surface area contributed by atoms with Gasteiger partial charge >= 0.3 is 0 Å². The summed E-state index contributed by atoms with van der Waals surface area (Å²) in [4.78, 5) is 4.00. The molecule has 4 heteroatoms. The third-order valence-electron chi connectivity index (χ3n) is 3.10. The van der Waals surface area contributed by atoms with Crippen molar-refractivity contribution in [3.63, 3.8) is 0 Å². The Balaban J connectivity index is 1.82. The third kappa shape index (κ3) is 1.66. The molecule has 0 spiro atoms. The molecule has 0 amide bonds. The highest BCUT2D eigenvalue weighted by atomic mass is 15.3. The van der Waals surface area contributed by atoms with Crippen molar-refractivity contribution in [2.24, 2.45) is 0 Å². The van der Waals surface area contributed by atoms with Crippen molar-refractivity contribution in [3.05, 3.63) is 42.5 Å². The van der Waals surface area contributed by atoms with Crippen LogP contribution in [-0.2, 0) is 6.42 Å². The zero-order chi connectivity index (χ0) is 10.8. The van der Waals surface area contributed by atoms with Crippen LogP contribution in [-0.4, -0.2) is 21.3 Å². The normalized spacial score (nSPS) is 19.6. The van der Waals surface area contributed by atoms with Gasteiger partial charge in [0.1, 0.15) is 12.7 Å². The predicted octanol–water partition coefficient (Wildman–Crippen LogP) is 1.88. The highest BCUT2D eigenvalue weighted by molar-refractivity contribution is 5.51. The van der Waals surface area contributed by atoms with Crippen molar-refractivity contribution < 1.29 is 0 Å². The second-order valence-electron chi connectivity index (χ2n) is 4.11. The molecule has 82 valence electrons. The summed E-state index contributed by atoms with van der Waals surface area (Å²) in [5, 5.41) is 7.68. The van der Waals surface area contributed by atoms with Crippen LogP contribution in [0.25, 0.3) is 0 Å². The van der Waals surface area contributed by atoms with Crippen LogP contribution in [0.5, 0.6) is 0 Å². The number of nitrogens with one attached hydrogen (secondary N) is 1. The standard InChI is InChI=1S/C12H14N4/c1-2-4-12-10(3-1)5-6-11(7-14-12)16-9-13-8-15-16/h1-4,8-9,11,14H,5-7H2. The molecule has 0 radical (unpaired) electrons. The fourth-order valence-corrected chi connectivity index (χ4v) is 2.19. The molecule has 1 aromatic carbocycles. The Morgan fingerprint density at radius 1 is 1.31 bits per heavy atom.